The maximum atomic E-state index is 12.5. The maximum absolute atomic E-state index is 12.5. The van der Waals surface area contributed by atoms with Gasteiger partial charge >= 0.3 is 0 Å². The number of nitrogens with two attached hydrogens (primary N) is 2. The summed E-state index contributed by atoms with van der Waals surface area (Å²) in [5.41, 5.74) is 11.3. The molecular weight excluding hydrogens is 484 g/mol. The Morgan fingerprint density at radius 3 is 2.62 bits per heavy atom. The van der Waals surface area contributed by atoms with Crippen LogP contribution in [-0.4, -0.2) is 98.7 Å². The molecule has 14 nitrogen and oxygen atoms in total. The number of rotatable bonds is 15. The van der Waals surface area contributed by atoms with Gasteiger partial charge in [0.15, 0.2) is 5.96 Å². The number of amides is 4. The molecule has 0 aromatic carbocycles. The van der Waals surface area contributed by atoms with E-state index < -0.39 is 24.0 Å². The van der Waals surface area contributed by atoms with Crippen molar-refractivity contribution in [2.45, 2.75) is 64.1 Å². The number of piperidine rings is 1. The van der Waals surface area contributed by atoms with Crippen molar-refractivity contribution in [3.63, 3.8) is 0 Å². The molecule has 0 bridgehead atoms. The molecule has 0 saturated carbocycles. The zero-order valence-corrected chi connectivity index (χ0v) is 21.7. The fraction of sp³-hybridized carbons (Fsp3) is 0.739. The normalized spacial score (nSPS) is 17.3. The first-order valence-corrected chi connectivity index (χ1v) is 12.4. The van der Waals surface area contributed by atoms with Gasteiger partial charge in [0, 0.05) is 26.6 Å². The number of likely N-dealkylation sites (tertiary alicyclic amines) is 1. The molecule has 3 atom stereocenters. The standard InChI is InChI=1S/C23H40N8O6/c1-16(22(35)31-10-4-3-6-18(31)14-24)29-20(33)15-37-13-12-36-11-9-27-21(34)19(25)7-5-8-28-23(26)30-17(2)32/h16,18-19H,3-13,15,25H2,1-2H3,(H,27,34)(H,29,33)(H3,26,28,30,32)/t16-,18?,19+/m1/s1. The molecule has 1 saturated heterocycles. The summed E-state index contributed by atoms with van der Waals surface area (Å²) in [6, 6.07) is 0.249. The molecule has 0 radical (unpaired) electrons. The minimum absolute atomic E-state index is 0.0273. The lowest BCUT2D eigenvalue weighted by molar-refractivity contribution is -0.139. The summed E-state index contributed by atoms with van der Waals surface area (Å²) in [6.07, 6.45) is 3.34. The quantitative estimate of drug-likeness (QED) is 0.0917. The van der Waals surface area contributed by atoms with Crippen LogP contribution in [-0.2, 0) is 28.7 Å². The Bertz CT molecular complexity index is 831. The smallest absolute Gasteiger partial charge is 0.246 e. The fourth-order valence-corrected chi connectivity index (χ4v) is 3.55. The Labute approximate surface area is 217 Å². The Balaban J connectivity index is 2.08. The van der Waals surface area contributed by atoms with Gasteiger partial charge in [0.25, 0.3) is 0 Å². The van der Waals surface area contributed by atoms with Crippen molar-refractivity contribution < 1.29 is 28.7 Å². The maximum Gasteiger partial charge on any atom is 0.246 e. The van der Waals surface area contributed by atoms with Gasteiger partial charge in [-0.2, -0.15) is 5.26 Å². The number of nitriles is 1. The predicted octanol–water partition coefficient (Wildman–Crippen LogP) is -1.90. The van der Waals surface area contributed by atoms with E-state index in [2.05, 4.69) is 27.0 Å². The first-order valence-electron chi connectivity index (χ1n) is 12.4. The summed E-state index contributed by atoms with van der Waals surface area (Å²) >= 11 is 0. The van der Waals surface area contributed by atoms with Gasteiger partial charge in [-0.1, -0.05) is 0 Å². The highest BCUT2D eigenvalue weighted by atomic mass is 16.5. The first kappa shape index (κ1) is 31.7. The van der Waals surface area contributed by atoms with Gasteiger partial charge in [0.05, 0.1) is 31.9 Å². The molecule has 1 unspecified atom stereocenters. The average molecular weight is 525 g/mol. The molecule has 37 heavy (non-hydrogen) atoms. The van der Waals surface area contributed by atoms with E-state index in [1.54, 1.807) is 6.92 Å². The molecule has 1 heterocycles. The predicted molar refractivity (Wildman–Crippen MR) is 135 cm³/mol. The summed E-state index contributed by atoms with van der Waals surface area (Å²) in [4.78, 5) is 52.9. The summed E-state index contributed by atoms with van der Waals surface area (Å²) in [5, 5.41) is 16.8. The monoisotopic (exact) mass is 524 g/mol. The van der Waals surface area contributed by atoms with E-state index in [1.165, 1.54) is 11.8 Å². The van der Waals surface area contributed by atoms with Gasteiger partial charge < -0.3 is 36.5 Å². The summed E-state index contributed by atoms with van der Waals surface area (Å²) in [5.74, 6) is -1.30. The third-order valence-electron chi connectivity index (χ3n) is 5.43. The highest BCUT2D eigenvalue weighted by Gasteiger charge is 2.30. The van der Waals surface area contributed by atoms with Crippen molar-refractivity contribution in [3.05, 3.63) is 0 Å². The lowest BCUT2D eigenvalue weighted by Gasteiger charge is -2.33. The van der Waals surface area contributed by atoms with Crippen LogP contribution in [0.2, 0.25) is 0 Å². The van der Waals surface area contributed by atoms with Crippen molar-refractivity contribution in [1.29, 1.82) is 5.26 Å². The minimum atomic E-state index is -0.745. The highest BCUT2D eigenvalue weighted by Crippen LogP contribution is 2.17. The van der Waals surface area contributed by atoms with Crippen molar-refractivity contribution in [3.8, 4) is 6.07 Å². The molecular formula is C23H40N8O6. The number of ether oxygens (including phenoxy) is 2. The SMILES string of the molecule is CC(=O)NC(N)=NCCC[C@H](N)C(=O)NCCOCCOCC(=O)N[C@H](C)C(=O)N1CCCCC1C#N. The zero-order valence-electron chi connectivity index (χ0n) is 21.7. The van der Waals surface area contributed by atoms with Gasteiger partial charge in [-0.25, -0.2) is 0 Å². The van der Waals surface area contributed by atoms with E-state index in [1.807, 2.05) is 0 Å². The molecule has 4 amide bonds. The number of guanidine groups is 1. The van der Waals surface area contributed by atoms with Crippen molar-refractivity contribution in [2.75, 3.05) is 46.1 Å². The van der Waals surface area contributed by atoms with Crippen LogP contribution in [0.5, 0.6) is 0 Å². The number of hydrogen-bond acceptors (Lipinski definition) is 9. The van der Waals surface area contributed by atoms with Gasteiger partial charge in [-0.3, -0.25) is 29.5 Å². The van der Waals surface area contributed by atoms with Gasteiger partial charge in [0.2, 0.25) is 23.6 Å². The van der Waals surface area contributed by atoms with Crippen LogP contribution in [0.3, 0.4) is 0 Å². The van der Waals surface area contributed by atoms with E-state index >= 15 is 0 Å². The number of nitrogens with one attached hydrogen (secondary N) is 3. The summed E-state index contributed by atoms with van der Waals surface area (Å²) in [6.45, 7) is 4.43. The number of carbonyl (C=O) groups is 4. The molecule has 208 valence electrons. The Morgan fingerprint density at radius 1 is 1.19 bits per heavy atom. The van der Waals surface area contributed by atoms with Crippen LogP contribution in [0.4, 0.5) is 0 Å². The second-order valence-electron chi connectivity index (χ2n) is 8.61. The lowest BCUT2D eigenvalue weighted by atomic mass is 10.0. The van der Waals surface area contributed by atoms with Crippen LogP contribution >= 0.6 is 0 Å². The van der Waals surface area contributed by atoms with Crippen LogP contribution in [0.15, 0.2) is 4.99 Å². The van der Waals surface area contributed by atoms with Crippen LogP contribution in [0.25, 0.3) is 0 Å². The lowest BCUT2D eigenvalue weighted by Crippen LogP contribution is -2.52. The molecule has 0 spiro atoms. The van der Waals surface area contributed by atoms with Gasteiger partial charge in [0.1, 0.15) is 18.7 Å². The summed E-state index contributed by atoms with van der Waals surface area (Å²) in [7, 11) is 0. The second-order valence-corrected chi connectivity index (χ2v) is 8.61. The Kier molecular flexibility index (Phi) is 15.5. The molecule has 14 heteroatoms. The number of carbonyl (C=O) groups excluding carboxylic acids is 4. The molecule has 1 aliphatic rings. The Hall–Kier alpha value is -3.28. The molecule has 0 aromatic rings. The Morgan fingerprint density at radius 2 is 1.92 bits per heavy atom. The molecule has 0 aliphatic carbocycles. The summed E-state index contributed by atoms with van der Waals surface area (Å²) < 4.78 is 10.6. The van der Waals surface area contributed by atoms with E-state index in [4.69, 9.17) is 20.9 Å². The topological polar surface area (TPSA) is 214 Å². The second kappa shape index (κ2) is 18.0. The van der Waals surface area contributed by atoms with E-state index in [0.717, 1.165) is 12.8 Å². The fourth-order valence-electron chi connectivity index (χ4n) is 3.55. The van der Waals surface area contributed by atoms with Crippen molar-refractivity contribution in [1.82, 2.24) is 20.9 Å². The average Bonchev–Trinajstić information content (AvgIpc) is 2.86. The van der Waals surface area contributed by atoms with E-state index in [9.17, 15) is 24.4 Å². The number of nitrogens with zero attached hydrogens (tertiary/aromatic N) is 3. The molecule has 0 aromatic heterocycles. The van der Waals surface area contributed by atoms with Crippen molar-refractivity contribution >= 4 is 29.6 Å². The molecule has 1 aliphatic heterocycles. The molecule has 1 rings (SSSR count). The third-order valence-corrected chi connectivity index (χ3v) is 5.43. The van der Waals surface area contributed by atoms with Crippen molar-refractivity contribution in [2.24, 2.45) is 16.5 Å². The third kappa shape index (κ3) is 13.6. The highest BCUT2D eigenvalue weighted by molar-refractivity contribution is 5.94. The number of hydrogen-bond donors (Lipinski definition) is 5. The van der Waals surface area contributed by atoms with Crippen LogP contribution in [0.1, 0.15) is 46.0 Å². The van der Waals surface area contributed by atoms with E-state index in [0.29, 0.717) is 32.4 Å². The van der Waals surface area contributed by atoms with Gasteiger partial charge in [-0.05, 0) is 39.0 Å². The number of aliphatic imine (C=N–C) groups is 1. The zero-order chi connectivity index (χ0) is 27.6. The van der Waals surface area contributed by atoms with Crippen LogP contribution < -0.4 is 27.4 Å². The minimum Gasteiger partial charge on any atom is -0.377 e. The van der Waals surface area contributed by atoms with Gasteiger partial charge in [-0.15, -0.1) is 0 Å². The largest absolute Gasteiger partial charge is 0.377 e. The molecule has 1 fully saturated rings. The molecule has 7 N–H and O–H groups in total. The van der Waals surface area contributed by atoms with E-state index in [-0.39, 0.29) is 56.7 Å². The van der Waals surface area contributed by atoms with Crippen LogP contribution in [0, 0.1) is 11.3 Å². The first-order chi connectivity index (χ1) is 17.6.